The summed E-state index contributed by atoms with van der Waals surface area (Å²) in [5.74, 6) is -1.16. The van der Waals surface area contributed by atoms with E-state index >= 15 is 0 Å². The van der Waals surface area contributed by atoms with E-state index in [-0.39, 0.29) is 15.5 Å². The fraction of sp³-hybridized carbons (Fsp3) is 0. The van der Waals surface area contributed by atoms with Crippen molar-refractivity contribution < 1.29 is 18.3 Å². The van der Waals surface area contributed by atoms with Crippen molar-refractivity contribution in [1.29, 1.82) is 0 Å². The van der Waals surface area contributed by atoms with Crippen LogP contribution in [0.5, 0.6) is 0 Å². The maximum Gasteiger partial charge on any atom is 0.336 e. The molecule has 112 valence electrons. The van der Waals surface area contributed by atoms with Gasteiger partial charge in [0.2, 0.25) is 0 Å². The summed E-state index contributed by atoms with van der Waals surface area (Å²) in [6.45, 7) is 0. The van der Waals surface area contributed by atoms with Crippen LogP contribution in [-0.4, -0.2) is 19.5 Å². The van der Waals surface area contributed by atoms with Crippen molar-refractivity contribution in [3.8, 4) is 0 Å². The summed E-state index contributed by atoms with van der Waals surface area (Å²) >= 11 is 13.0. The molecule has 1 heterocycles. The number of halogens is 3. The lowest BCUT2D eigenvalue weighted by atomic mass is 10.2. The molecular weight excluding hydrogens is 470 g/mol. The molecule has 0 amide bonds. The number of benzene rings is 1. The molecule has 21 heavy (non-hydrogen) atoms. The second kappa shape index (κ2) is 6.25. The fourth-order valence-corrected chi connectivity index (χ4v) is 5.28. The molecular formula is C11H6Br2ClNO4S2. The average Bonchev–Trinajstić information content (AvgIpc) is 2.72. The van der Waals surface area contributed by atoms with Gasteiger partial charge in [0.25, 0.3) is 10.0 Å². The molecule has 5 nitrogen and oxygen atoms in total. The normalized spacial score (nSPS) is 11.4. The van der Waals surface area contributed by atoms with E-state index < -0.39 is 16.0 Å². The molecule has 0 bridgehead atoms. The van der Waals surface area contributed by atoms with E-state index in [1.165, 1.54) is 24.3 Å². The van der Waals surface area contributed by atoms with E-state index in [2.05, 4.69) is 36.6 Å². The summed E-state index contributed by atoms with van der Waals surface area (Å²) in [5.41, 5.74) is 0.108. The molecule has 0 saturated heterocycles. The first-order valence-corrected chi connectivity index (χ1v) is 9.47. The molecule has 2 aromatic rings. The van der Waals surface area contributed by atoms with Crippen LogP contribution in [0.4, 0.5) is 5.69 Å². The molecule has 10 heteroatoms. The minimum absolute atomic E-state index is 0.0270. The third-order valence-electron chi connectivity index (χ3n) is 2.34. The van der Waals surface area contributed by atoms with Crippen LogP contribution >= 0.6 is 54.8 Å². The van der Waals surface area contributed by atoms with Crippen LogP contribution in [0.15, 0.2) is 36.7 Å². The Morgan fingerprint density at radius 1 is 1.29 bits per heavy atom. The van der Waals surface area contributed by atoms with Gasteiger partial charge in [0.15, 0.2) is 0 Å². The zero-order valence-electron chi connectivity index (χ0n) is 9.93. The van der Waals surface area contributed by atoms with Gasteiger partial charge in [-0.1, -0.05) is 11.6 Å². The van der Waals surface area contributed by atoms with Crippen LogP contribution < -0.4 is 4.72 Å². The van der Waals surface area contributed by atoms with Crippen molar-refractivity contribution in [2.24, 2.45) is 0 Å². The fourth-order valence-electron chi connectivity index (χ4n) is 1.42. The van der Waals surface area contributed by atoms with E-state index in [4.69, 9.17) is 16.7 Å². The highest BCUT2D eigenvalue weighted by molar-refractivity contribution is 9.11. The number of carbonyl (C=O) groups is 1. The molecule has 0 fully saturated rings. The molecule has 0 aliphatic rings. The number of carboxylic acids is 1. The Kier molecular flexibility index (Phi) is 4.99. The van der Waals surface area contributed by atoms with Gasteiger partial charge in [-0.15, -0.1) is 11.3 Å². The van der Waals surface area contributed by atoms with Crippen molar-refractivity contribution in [2.75, 3.05) is 4.72 Å². The highest BCUT2D eigenvalue weighted by atomic mass is 79.9. The Morgan fingerprint density at radius 2 is 1.95 bits per heavy atom. The molecule has 0 aliphatic heterocycles. The Bertz CT molecular complexity index is 800. The third kappa shape index (κ3) is 3.78. The highest BCUT2D eigenvalue weighted by Crippen LogP contribution is 2.35. The number of thiophene rings is 1. The number of aromatic carboxylic acids is 1. The number of rotatable bonds is 4. The van der Waals surface area contributed by atoms with Crippen LogP contribution in [-0.2, 0) is 10.0 Å². The van der Waals surface area contributed by atoms with Gasteiger partial charge >= 0.3 is 5.97 Å². The van der Waals surface area contributed by atoms with Gasteiger partial charge in [0.05, 0.1) is 14.4 Å². The number of hydrogen-bond donors (Lipinski definition) is 2. The Balaban J connectivity index is 2.37. The zero-order chi connectivity index (χ0) is 15.8. The monoisotopic (exact) mass is 473 g/mol. The molecule has 1 aromatic heterocycles. The van der Waals surface area contributed by atoms with E-state index in [9.17, 15) is 13.2 Å². The number of nitrogens with one attached hydrogen (secondary N) is 1. The molecule has 1 aromatic carbocycles. The van der Waals surface area contributed by atoms with Crippen molar-refractivity contribution in [2.45, 2.75) is 4.21 Å². The summed E-state index contributed by atoms with van der Waals surface area (Å²) in [7, 11) is -3.82. The largest absolute Gasteiger partial charge is 0.478 e. The van der Waals surface area contributed by atoms with Gasteiger partial charge in [-0.25, -0.2) is 13.2 Å². The molecule has 0 saturated carbocycles. The molecule has 2 rings (SSSR count). The van der Waals surface area contributed by atoms with Crippen molar-refractivity contribution in [3.05, 3.63) is 43.1 Å². The molecule has 0 atom stereocenters. The summed E-state index contributed by atoms with van der Waals surface area (Å²) in [4.78, 5) is 11.0. The lowest BCUT2D eigenvalue weighted by Crippen LogP contribution is -2.12. The van der Waals surface area contributed by atoms with E-state index in [0.29, 0.717) is 13.3 Å². The van der Waals surface area contributed by atoms with Gasteiger partial charge in [-0.3, -0.25) is 4.72 Å². The maximum atomic E-state index is 12.2. The number of anilines is 1. The summed E-state index contributed by atoms with van der Waals surface area (Å²) in [6, 6.07) is 5.46. The molecule has 0 radical (unpaired) electrons. The lowest BCUT2D eigenvalue weighted by Gasteiger charge is -2.08. The van der Waals surface area contributed by atoms with Crippen molar-refractivity contribution in [1.82, 2.24) is 0 Å². The summed E-state index contributed by atoms with van der Waals surface area (Å²) in [6.07, 6.45) is 0. The van der Waals surface area contributed by atoms with Gasteiger partial charge in [0.1, 0.15) is 4.21 Å². The molecule has 2 N–H and O–H groups in total. The quantitative estimate of drug-likeness (QED) is 0.686. The standard InChI is InChI=1S/C11H6Br2ClNO4S2/c12-7-2-1-5(3-6(7)11(16)17)15-21(18,19)9-4-8(14)10(13)20-9/h1-4,15H,(H,16,17). The third-order valence-corrected chi connectivity index (χ3v) is 7.36. The first-order valence-electron chi connectivity index (χ1n) is 5.21. The van der Waals surface area contributed by atoms with Crippen molar-refractivity contribution in [3.63, 3.8) is 0 Å². The van der Waals surface area contributed by atoms with E-state index in [0.717, 1.165) is 11.3 Å². The molecule has 0 aliphatic carbocycles. The van der Waals surface area contributed by atoms with Crippen LogP contribution in [0.1, 0.15) is 10.4 Å². The molecule has 0 unspecified atom stereocenters. The van der Waals surface area contributed by atoms with E-state index in [1.807, 2.05) is 0 Å². The molecule has 0 spiro atoms. The van der Waals surface area contributed by atoms with Gasteiger partial charge in [-0.05, 0) is 56.1 Å². The first kappa shape index (κ1) is 16.8. The number of carboxylic acid groups (broad SMARTS) is 1. The maximum absolute atomic E-state index is 12.2. The van der Waals surface area contributed by atoms with Gasteiger partial charge < -0.3 is 5.11 Å². The zero-order valence-corrected chi connectivity index (χ0v) is 15.5. The van der Waals surface area contributed by atoms with Crippen LogP contribution in [0, 0.1) is 0 Å². The topological polar surface area (TPSA) is 83.5 Å². The van der Waals surface area contributed by atoms with Gasteiger partial charge in [-0.2, -0.15) is 0 Å². The van der Waals surface area contributed by atoms with E-state index in [1.54, 1.807) is 0 Å². The minimum atomic E-state index is -3.82. The Morgan fingerprint density at radius 3 is 2.48 bits per heavy atom. The SMILES string of the molecule is O=C(O)c1cc(NS(=O)(=O)c2cc(Cl)c(Br)s2)ccc1Br. The summed E-state index contributed by atoms with van der Waals surface area (Å²) < 4.78 is 27.6. The van der Waals surface area contributed by atoms with Crippen molar-refractivity contribution >= 4 is 76.5 Å². The second-order valence-electron chi connectivity index (χ2n) is 3.79. The second-order valence-corrected chi connectivity index (χ2v) is 9.33. The average molecular weight is 476 g/mol. The highest BCUT2D eigenvalue weighted by Gasteiger charge is 2.20. The van der Waals surface area contributed by atoms with Crippen LogP contribution in [0.25, 0.3) is 0 Å². The van der Waals surface area contributed by atoms with Crippen LogP contribution in [0.3, 0.4) is 0 Å². The number of sulfonamides is 1. The first-order chi connectivity index (χ1) is 9.70. The number of hydrogen-bond acceptors (Lipinski definition) is 4. The summed E-state index contributed by atoms with van der Waals surface area (Å²) in [5, 5.41) is 9.31. The predicted molar refractivity (Wildman–Crippen MR) is 88.9 cm³/mol. The Hall–Kier alpha value is -0.610. The van der Waals surface area contributed by atoms with Crippen LogP contribution in [0.2, 0.25) is 5.02 Å². The smallest absolute Gasteiger partial charge is 0.336 e. The Labute approximate surface area is 146 Å². The van der Waals surface area contributed by atoms with Gasteiger partial charge in [0, 0.05) is 10.2 Å². The lowest BCUT2D eigenvalue weighted by molar-refractivity contribution is 0.0696. The minimum Gasteiger partial charge on any atom is -0.478 e. The predicted octanol–water partition coefficient (Wildman–Crippen LogP) is 4.43.